The first-order valence-electron chi connectivity index (χ1n) is 7.94. The molecule has 0 aromatic carbocycles. The summed E-state index contributed by atoms with van der Waals surface area (Å²) in [6.45, 7) is 7.89. The number of esters is 1. The van der Waals surface area contributed by atoms with Gasteiger partial charge in [-0.15, -0.1) is 0 Å². The molecule has 0 bridgehead atoms. The molecule has 0 fully saturated rings. The molecule has 0 aromatic heterocycles. The number of hydrogen-bond donors (Lipinski definition) is 0. The van der Waals surface area contributed by atoms with E-state index in [9.17, 15) is 4.79 Å². The van der Waals surface area contributed by atoms with E-state index in [1.54, 1.807) is 21.1 Å². The minimum atomic E-state index is -1.93. The van der Waals surface area contributed by atoms with Crippen LogP contribution in [-0.4, -0.2) is 35.4 Å². The molecular formula is C16H32O4Si. The van der Waals surface area contributed by atoms with Crippen molar-refractivity contribution < 1.29 is 18.4 Å². The van der Waals surface area contributed by atoms with Gasteiger partial charge in [0, 0.05) is 19.8 Å². The lowest BCUT2D eigenvalue weighted by molar-refractivity contribution is -0.139. The minimum Gasteiger partial charge on any atom is -0.462 e. The Hall–Kier alpha value is -0.653. The molecule has 0 N–H and O–H groups in total. The summed E-state index contributed by atoms with van der Waals surface area (Å²) in [4.78, 5) is 11.2. The van der Waals surface area contributed by atoms with Gasteiger partial charge < -0.3 is 13.6 Å². The Morgan fingerprint density at radius 1 is 1.00 bits per heavy atom. The SMILES string of the molecule is C=C(C)C(=O)OCCCCCCC[Si](CCC)(OC)OC. The van der Waals surface area contributed by atoms with E-state index in [-0.39, 0.29) is 5.97 Å². The Bertz CT molecular complexity index is 301. The normalized spacial score (nSPS) is 11.4. The highest BCUT2D eigenvalue weighted by molar-refractivity contribution is 6.67. The van der Waals surface area contributed by atoms with Gasteiger partial charge in [-0.05, 0) is 25.4 Å². The van der Waals surface area contributed by atoms with Gasteiger partial charge in [0.05, 0.1) is 6.61 Å². The molecule has 0 aliphatic rings. The Kier molecular flexibility index (Phi) is 11.6. The summed E-state index contributed by atoms with van der Waals surface area (Å²) in [5, 5.41) is 0. The highest BCUT2D eigenvalue weighted by atomic mass is 28.4. The number of hydrogen-bond acceptors (Lipinski definition) is 4. The molecule has 0 atom stereocenters. The van der Waals surface area contributed by atoms with Crippen molar-refractivity contribution >= 4 is 14.5 Å². The summed E-state index contributed by atoms with van der Waals surface area (Å²) in [5.41, 5.74) is 0.464. The Labute approximate surface area is 131 Å². The van der Waals surface area contributed by atoms with Gasteiger partial charge in [0.2, 0.25) is 0 Å². The van der Waals surface area contributed by atoms with Crippen LogP contribution in [-0.2, 0) is 18.4 Å². The Morgan fingerprint density at radius 3 is 2.10 bits per heavy atom. The van der Waals surface area contributed by atoms with E-state index in [4.69, 9.17) is 13.6 Å². The zero-order chi connectivity index (χ0) is 16.1. The average molecular weight is 317 g/mol. The molecule has 0 saturated heterocycles. The van der Waals surface area contributed by atoms with Crippen molar-refractivity contribution in [2.24, 2.45) is 0 Å². The van der Waals surface area contributed by atoms with Crippen molar-refractivity contribution in [2.45, 2.75) is 64.5 Å². The van der Waals surface area contributed by atoms with Gasteiger partial charge in [0.1, 0.15) is 0 Å². The Morgan fingerprint density at radius 2 is 1.57 bits per heavy atom. The van der Waals surface area contributed by atoms with Gasteiger partial charge in [0.15, 0.2) is 0 Å². The van der Waals surface area contributed by atoms with Gasteiger partial charge in [-0.2, -0.15) is 0 Å². The fraction of sp³-hybridized carbons (Fsp3) is 0.812. The largest absolute Gasteiger partial charge is 0.462 e. The van der Waals surface area contributed by atoms with Crippen molar-refractivity contribution in [2.75, 3.05) is 20.8 Å². The number of rotatable bonds is 13. The molecule has 0 aromatic rings. The molecule has 5 heteroatoms. The Balaban J connectivity index is 3.63. The summed E-state index contributed by atoms with van der Waals surface area (Å²) in [5.74, 6) is -0.287. The molecule has 0 saturated carbocycles. The van der Waals surface area contributed by atoms with Crippen molar-refractivity contribution in [3.8, 4) is 0 Å². The van der Waals surface area contributed by atoms with Crippen LogP contribution < -0.4 is 0 Å². The second kappa shape index (κ2) is 11.9. The van der Waals surface area contributed by atoms with Gasteiger partial charge in [-0.3, -0.25) is 0 Å². The maximum absolute atomic E-state index is 11.2. The van der Waals surface area contributed by atoms with E-state index in [0.717, 1.165) is 44.2 Å². The van der Waals surface area contributed by atoms with Gasteiger partial charge in [-0.1, -0.05) is 45.6 Å². The van der Waals surface area contributed by atoms with Crippen molar-refractivity contribution in [1.82, 2.24) is 0 Å². The third kappa shape index (κ3) is 9.06. The molecule has 0 amide bonds. The number of unbranched alkanes of at least 4 members (excludes halogenated alkanes) is 4. The first-order chi connectivity index (χ1) is 10.0. The molecule has 0 unspecified atom stereocenters. The van der Waals surface area contributed by atoms with Gasteiger partial charge in [0.25, 0.3) is 0 Å². The van der Waals surface area contributed by atoms with Crippen molar-refractivity contribution in [3.05, 3.63) is 12.2 Å². The predicted molar refractivity (Wildman–Crippen MR) is 88.5 cm³/mol. The second-order valence-corrected chi connectivity index (χ2v) is 9.14. The first-order valence-corrected chi connectivity index (χ1v) is 10.2. The highest BCUT2D eigenvalue weighted by Gasteiger charge is 2.33. The highest BCUT2D eigenvalue weighted by Crippen LogP contribution is 2.23. The predicted octanol–water partition coefficient (Wildman–Crippen LogP) is 4.20. The van der Waals surface area contributed by atoms with Crippen LogP contribution in [0.25, 0.3) is 0 Å². The van der Waals surface area contributed by atoms with Crippen LogP contribution in [0.5, 0.6) is 0 Å². The molecule has 4 nitrogen and oxygen atoms in total. The lowest BCUT2D eigenvalue weighted by Gasteiger charge is -2.27. The molecule has 0 rings (SSSR count). The fourth-order valence-corrected chi connectivity index (χ4v) is 5.10. The molecule has 0 aliphatic heterocycles. The standard InChI is InChI=1S/C16H32O4Si/c1-6-13-21(18-4,19-5)14-11-9-7-8-10-12-20-16(17)15(2)3/h2,6-14H2,1,3-5H3. The summed E-state index contributed by atoms with van der Waals surface area (Å²) in [7, 11) is 1.63. The molecule has 0 heterocycles. The average Bonchev–Trinajstić information content (AvgIpc) is 2.48. The van der Waals surface area contributed by atoms with Crippen LogP contribution in [0.4, 0.5) is 0 Å². The molecule has 21 heavy (non-hydrogen) atoms. The van der Waals surface area contributed by atoms with E-state index in [1.165, 1.54) is 6.42 Å². The third-order valence-electron chi connectivity index (χ3n) is 3.66. The first kappa shape index (κ1) is 20.3. The zero-order valence-corrected chi connectivity index (χ0v) is 15.2. The van der Waals surface area contributed by atoms with Crippen LogP contribution >= 0.6 is 0 Å². The summed E-state index contributed by atoms with van der Waals surface area (Å²) < 4.78 is 16.4. The van der Waals surface area contributed by atoms with Gasteiger partial charge >= 0.3 is 14.5 Å². The number of ether oxygens (including phenoxy) is 1. The molecule has 0 spiro atoms. The second-order valence-electron chi connectivity index (χ2n) is 5.50. The number of carbonyl (C=O) groups is 1. The van der Waals surface area contributed by atoms with Crippen LogP contribution in [0.3, 0.4) is 0 Å². The lowest BCUT2D eigenvalue weighted by Crippen LogP contribution is -2.39. The molecule has 0 aliphatic carbocycles. The molecular weight excluding hydrogens is 284 g/mol. The van der Waals surface area contributed by atoms with E-state index in [2.05, 4.69) is 13.5 Å². The quantitative estimate of drug-likeness (QED) is 0.221. The van der Waals surface area contributed by atoms with Crippen molar-refractivity contribution in [1.29, 1.82) is 0 Å². The van der Waals surface area contributed by atoms with E-state index in [0.29, 0.717) is 12.2 Å². The van der Waals surface area contributed by atoms with Gasteiger partial charge in [-0.25, -0.2) is 4.79 Å². The molecule has 0 radical (unpaired) electrons. The zero-order valence-electron chi connectivity index (χ0n) is 14.2. The van der Waals surface area contributed by atoms with E-state index in [1.807, 2.05) is 0 Å². The van der Waals surface area contributed by atoms with Crippen LogP contribution in [0.1, 0.15) is 52.4 Å². The number of carbonyl (C=O) groups excluding carboxylic acids is 1. The summed E-state index contributed by atoms with van der Waals surface area (Å²) in [6.07, 6.45) is 6.62. The van der Waals surface area contributed by atoms with E-state index < -0.39 is 8.56 Å². The van der Waals surface area contributed by atoms with E-state index >= 15 is 0 Å². The molecule has 124 valence electrons. The monoisotopic (exact) mass is 316 g/mol. The summed E-state index contributed by atoms with van der Waals surface area (Å²) in [6, 6.07) is 2.13. The summed E-state index contributed by atoms with van der Waals surface area (Å²) >= 11 is 0. The smallest absolute Gasteiger partial charge is 0.337 e. The van der Waals surface area contributed by atoms with Crippen molar-refractivity contribution in [3.63, 3.8) is 0 Å². The topological polar surface area (TPSA) is 44.8 Å². The van der Waals surface area contributed by atoms with Crippen LogP contribution in [0.15, 0.2) is 12.2 Å². The lowest BCUT2D eigenvalue weighted by atomic mass is 10.2. The fourth-order valence-electron chi connectivity index (χ4n) is 2.31. The minimum absolute atomic E-state index is 0.287. The maximum Gasteiger partial charge on any atom is 0.337 e. The third-order valence-corrected chi connectivity index (χ3v) is 7.52. The van der Waals surface area contributed by atoms with Crippen LogP contribution in [0.2, 0.25) is 12.1 Å². The van der Waals surface area contributed by atoms with Crippen LogP contribution in [0, 0.1) is 0 Å². The maximum atomic E-state index is 11.2.